The van der Waals surface area contributed by atoms with Gasteiger partial charge in [-0.15, -0.1) is 0 Å². The Bertz CT molecular complexity index is 743. The molecule has 7 heteroatoms. The molecule has 0 radical (unpaired) electrons. The van der Waals surface area contributed by atoms with Gasteiger partial charge in [-0.3, -0.25) is 0 Å². The number of anilines is 1. The second-order valence-electron chi connectivity index (χ2n) is 4.74. The van der Waals surface area contributed by atoms with Gasteiger partial charge in [0.15, 0.2) is 9.84 Å². The SMILES string of the molecule is COc1ccc(NC(=O)NCCS(=O)(=O)c2ccccc2)cc1. The minimum absolute atomic E-state index is 0.0270. The number of hydrogen-bond donors (Lipinski definition) is 2. The molecule has 6 nitrogen and oxygen atoms in total. The molecule has 0 aliphatic carbocycles. The molecule has 0 atom stereocenters. The largest absolute Gasteiger partial charge is 0.497 e. The fourth-order valence-electron chi connectivity index (χ4n) is 1.89. The van der Waals surface area contributed by atoms with Gasteiger partial charge in [-0.05, 0) is 36.4 Å². The standard InChI is InChI=1S/C16H18N2O4S/c1-22-14-9-7-13(8-10-14)18-16(19)17-11-12-23(20,21)15-5-3-2-4-6-15/h2-10H,11-12H2,1H3,(H2,17,18,19). The lowest BCUT2D eigenvalue weighted by molar-refractivity contribution is 0.252. The second kappa shape index (κ2) is 7.64. The lowest BCUT2D eigenvalue weighted by Crippen LogP contribution is -2.32. The first kappa shape index (κ1) is 16.8. The van der Waals surface area contributed by atoms with Crippen molar-refractivity contribution in [3.8, 4) is 5.75 Å². The van der Waals surface area contributed by atoms with Crippen molar-refractivity contribution < 1.29 is 17.9 Å². The summed E-state index contributed by atoms with van der Waals surface area (Å²) >= 11 is 0. The van der Waals surface area contributed by atoms with Crippen LogP contribution in [-0.4, -0.2) is 33.9 Å². The van der Waals surface area contributed by atoms with Gasteiger partial charge in [0.2, 0.25) is 0 Å². The van der Waals surface area contributed by atoms with E-state index in [2.05, 4.69) is 10.6 Å². The van der Waals surface area contributed by atoms with Gasteiger partial charge >= 0.3 is 6.03 Å². The van der Waals surface area contributed by atoms with Gasteiger partial charge in [0.1, 0.15) is 5.75 Å². The van der Waals surface area contributed by atoms with Gasteiger partial charge in [-0.1, -0.05) is 18.2 Å². The van der Waals surface area contributed by atoms with Crippen LogP contribution in [0.15, 0.2) is 59.5 Å². The summed E-state index contributed by atoms with van der Waals surface area (Å²) in [6.45, 7) is 0.0270. The zero-order chi connectivity index (χ0) is 16.7. The first-order chi connectivity index (χ1) is 11.0. The van der Waals surface area contributed by atoms with Crippen LogP contribution in [0.5, 0.6) is 5.75 Å². The number of ether oxygens (including phenoxy) is 1. The van der Waals surface area contributed by atoms with Crippen molar-refractivity contribution in [2.75, 3.05) is 24.7 Å². The van der Waals surface area contributed by atoms with Gasteiger partial charge in [-0.2, -0.15) is 0 Å². The molecule has 2 amide bonds. The number of methoxy groups -OCH3 is 1. The van der Waals surface area contributed by atoms with Crippen molar-refractivity contribution in [1.29, 1.82) is 0 Å². The number of sulfone groups is 1. The number of carbonyl (C=O) groups excluding carboxylic acids is 1. The summed E-state index contributed by atoms with van der Waals surface area (Å²) in [5, 5.41) is 5.14. The van der Waals surface area contributed by atoms with Crippen LogP contribution < -0.4 is 15.4 Å². The molecule has 0 spiro atoms. The lowest BCUT2D eigenvalue weighted by Gasteiger charge is -2.09. The Morgan fingerprint density at radius 3 is 2.30 bits per heavy atom. The van der Waals surface area contributed by atoms with Gasteiger partial charge < -0.3 is 15.4 Å². The van der Waals surface area contributed by atoms with Gasteiger partial charge in [-0.25, -0.2) is 13.2 Å². The van der Waals surface area contributed by atoms with Crippen LogP contribution in [0.4, 0.5) is 10.5 Å². The van der Waals surface area contributed by atoms with Crippen molar-refractivity contribution >= 4 is 21.6 Å². The van der Waals surface area contributed by atoms with E-state index < -0.39 is 15.9 Å². The maximum atomic E-state index is 12.1. The first-order valence-electron chi connectivity index (χ1n) is 6.98. The molecule has 0 unspecified atom stereocenters. The van der Waals surface area contributed by atoms with Crippen LogP contribution in [0.1, 0.15) is 0 Å². The van der Waals surface area contributed by atoms with E-state index in [4.69, 9.17) is 4.74 Å². The van der Waals surface area contributed by atoms with Crippen LogP contribution in [0.25, 0.3) is 0 Å². The number of nitrogens with one attached hydrogen (secondary N) is 2. The summed E-state index contributed by atoms with van der Waals surface area (Å²) in [6, 6.07) is 14.5. The fourth-order valence-corrected chi connectivity index (χ4v) is 3.07. The highest BCUT2D eigenvalue weighted by atomic mass is 32.2. The molecular formula is C16H18N2O4S. The van der Waals surface area contributed by atoms with E-state index in [1.165, 1.54) is 12.1 Å². The topological polar surface area (TPSA) is 84.5 Å². The van der Waals surface area contributed by atoms with Crippen LogP contribution in [0.2, 0.25) is 0 Å². The second-order valence-corrected chi connectivity index (χ2v) is 6.85. The smallest absolute Gasteiger partial charge is 0.319 e. The fraction of sp³-hybridized carbons (Fsp3) is 0.188. The number of carbonyl (C=O) groups is 1. The van der Waals surface area contributed by atoms with Crippen LogP contribution >= 0.6 is 0 Å². The van der Waals surface area contributed by atoms with E-state index in [9.17, 15) is 13.2 Å². The predicted octanol–water partition coefficient (Wildman–Crippen LogP) is 2.29. The van der Waals surface area contributed by atoms with Crippen molar-refractivity contribution in [2.45, 2.75) is 4.90 Å². The van der Waals surface area contributed by atoms with Gasteiger partial charge in [0.25, 0.3) is 0 Å². The van der Waals surface area contributed by atoms with Gasteiger partial charge in [0, 0.05) is 12.2 Å². The Labute approximate surface area is 135 Å². The Kier molecular flexibility index (Phi) is 5.59. The molecule has 0 aromatic heterocycles. The summed E-state index contributed by atoms with van der Waals surface area (Å²) in [5.41, 5.74) is 0.592. The molecule has 2 aromatic carbocycles. The molecule has 0 aliphatic rings. The van der Waals surface area contributed by atoms with Crippen LogP contribution in [0.3, 0.4) is 0 Å². The summed E-state index contributed by atoms with van der Waals surface area (Å²) in [7, 11) is -1.84. The van der Waals surface area contributed by atoms with E-state index in [1.807, 2.05) is 0 Å². The van der Waals surface area contributed by atoms with E-state index in [0.29, 0.717) is 11.4 Å². The third kappa shape index (κ3) is 5.00. The van der Waals surface area contributed by atoms with E-state index >= 15 is 0 Å². The number of hydrogen-bond acceptors (Lipinski definition) is 4. The van der Waals surface area contributed by atoms with Crippen molar-refractivity contribution in [1.82, 2.24) is 5.32 Å². The van der Waals surface area contributed by atoms with Crippen molar-refractivity contribution in [3.05, 3.63) is 54.6 Å². The van der Waals surface area contributed by atoms with Gasteiger partial charge in [0.05, 0.1) is 17.8 Å². The third-order valence-corrected chi connectivity index (χ3v) is 4.84. The third-order valence-electron chi connectivity index (χ3n) is 3.11. The van der Waals surface area contributed by atoms with E-state index in [-0.39, 0.29) is 17.2 Å². The molecule has 23 heavy (non-hydrogen) atoms. The molecule has 122 valence electrons. The average Bonchev–Trinajstić information content (AvgIpc) is 2.56. The minimum atomic E-state index is -3.40. The molecule has 0 saturated heterocycles. The maximum Gasteiger partial charge on any atom is 0.319 e. The van der Waals surface area contributed by atoms with E-state index in [1.54, 1.807) is 49.6 Å². The Balaban J connectivity index is 1.82. The molecule has 2 aromatic rings. The molecule has 0 aliphatic heterocycles. The molecular weight excluding hydrogens is 316 g/mol. The number of benzene rings is 2. The number of urea groups is 1. The molecule has 0 heterocycles. The summed E-state index contributed by atoms with van der Waals surface area (Å²) in [6.07, 6.45) is 0. The highest BCUT2D eigenvalue weighted by Gasteiger charge is 2.13. The minimum Gasteiger partial charge on any atom is -0.497 e. The Hall–Kier alpha value is -2.54. The molecule has 0 fully saturated rings. The van der Waals surface area contributed by atoms with Crippen molar-refractivity contribution in [2.24, 2.45) is 0 Å². The van der Waals surface area contributed by atoms with Crippen molar-refractivity contribution in [3.63, 3.8) is 0 Å². The normalized spacial score (nSPS) is 10.8. The summed E-state index contributed by atoms with van der Waals surface area (Å²) in [4.78, 5) is 12.0. The zero-order valence-electron chi connectivity index (χ0n) is 12.7. The Morgan fingerprint density at radius 2 is 1.70 bits per heavy atom. The average molecular weight is 334 g/mol. The highest BCUT2D eigenvalue weighted by Crippen LogP contribution is 2.14. The Morgan fingerprint density at radius 1 is 1.04 bits per heavy atom. The molecule has 0 bridgehead atoms. The lowest BCUT2D eigenvalue weighted by atomic mass is 10.3. The maximum absolute atomic E-state index is 12.1. The quantitative estimate of drug-likeness (QED) is 0.849. The van der Waals surface area contributed by atoms with E-state index in [0.717, 1.165) is 0 Å². The number of rotatable bonds is 6. The first-order valence-corrected chi connectivity index (χ1v) is 8.63. The highest BCUT2D eigenvalue weighted by molar-refractivity contribution is 7.91. The predicted molar refractivity (Wildman–Crippen MR) is 88.5 cm³/mol. The molecule has 2 N–H and O–H groups in total. The summed E-state index contributed by atoms with van der Waals surface area (Å²) in [5.74, 6) is 0.525. The monoisotopic (exact) mass is 334 g/mol. The van der Waals surface area contributed by atoms with Crippen LogP contribution in [-0.2, 0) is 9.84 Å². The zero-order valence-corrected chi connectivity index (χ0v) is 13.5. The van der Waals surface area contributed by atoms with Crippen LogP contribution in [0, 0.1) is 0 Å². The number of amides is 2. The molecule has 2 rings (SSSR count). The molecule has 0 saturated carbocycles. The summed E-state index contributed by atoms with van der Waals surface area (Å²) < 4.78 is 29.1.